The Morgan fingerprint density at radius 1 is 1.32 bits per heavy atom. The summed E-state index contributed by atoms with van der Waals surface area (Å²) in [7, 11) is 0. The second-order valence-electron chi connectivity index (χ2n) is 5.01. The number of nitrogens with zero attached hydrogens (tertiary/aromatic N) is 3. The van der Waals surface area contributed by atoms with E-state index in [9.17, 15) is 14.9 Å². The second kappa shape index (κ2) is 6.84. The molecule has 0 bridgehead atoms. The molecular formula is C15H18N4O3. The lowest BCUT2D eigenvalue weighted by Gasteiger charge is -2.06. The van der Waals surface area contributed by atoms with Gasteiger partial charge in [0, 0.05) is 6.54 Å². The average Bonchev–Trinajstić information content (AvgIpc) is 2.74. The van der Waals surface area contributed by atoms with Crippen LogP contribution < -0.4 is 5.32 Å². The highest BCUT2D eigenvalue weighted by Gasteiger charge is 2.21. The van der Waals surface area contributed by atoms with Crippen LogP contribution in [-0.2, 0) is 17.8 Å². The molecule has 0 atom stereocenters. The first kappa shape index (κ1) is 15.7. The zero-order valence-electron chi connectivity index (χ0n) is 12.6. The standard InChI is InChI=1S/C15H18N4O3/c1-11-15(19(21)22)12(2)18(17-11)9-8-16-14(20)10-13-6-4-3-5-7-13/h3-7H,8-10H2,1-2H3,(H,16,20). The molecule has 2 rings (SSSR count). The third kappa shape index (κ3) is 3.69. The lowest BCUT2D eigenvalue weighted by Crippen LogP contribution is -2.29. The molecule has 0 saturated heterocycles. The summed E-state index contributed by atoms with van der Waals surface area (Å²) in [5, 5.41) is 17.9. The summed E-state index contributed by atoms with van der Waals surface area (Å²) >= 11 is 0. The van der Waals surface area contributed by atoms with Gasteiger partial charge in [0.25, 0.3) is 0 Å². The highest BCUT2D eigenvalue weighted by molar-refractivity contribution is 5.78. The first-order chi connectivity index (χ1) is 10.5. The fourth-order valence-corrected chi connectivity index (χ4v) is 2.31. The SMILES string of the molecule is Cc1nn(CCNC(=O)Cc2ccccc2)c(C)c1[N+](=O)[O-]. The topological polar surface area (TPSA) is 90.1 Å². The van der Waals surface area contributed by atoms with Crippen molar-refractivity contribution in [2.24, 2.45) is 0 Å². The number of carbonyl (C=O) groups excluding carboxylic acids is 1. The number of hydrogen-bond donors (Lipinski definition) is 1. The predicted molar refractivity (Wildman–Crippen MR) is 81.5 cm³/mol. The number of rotatable bonds is 6. The van der Waals surface area contributed by atoms with Gasteiger partial charge in [0.2, 0.25) is 5.91 Å². The van der Waals surface area contributed by atoms with Crippen molar-refractivity contribution < 1.29 is 9.72 Å². The summed E-state index contributed by atoms with van der Waals surface area (Å²) in [5.41, 5.74) is 1.87. The molecule has 0 fully saturated rings. The Kier molecular flexibility index (Phi) is 4.88. The molecule has 0 unspecified atom stereocenters. The minimum absolute atomic E-state index is 0.0376. The summed E-state index contributed by atoms with van der Waals surface area (Å²) in [6.07, 6.45) is 0.318. The van der Waals surface area contributed by atoms with Gasteiger partial charge in [-0.05, 0) is 19.4 Å². The van der Waals surface area contributed by atoms with Crippen LogP contribution in [0.4, 0.5) is 5.69 Å². The fourth-order valence-electron chi connectivity index (χ4n) is 2.31. The number of benzene rings is 1. The van der Waals surface area contributed by atoms with Gasteiger partial charge in [-0.2, -0.15) is 5.10 Å². The summed E-state index contributed by atoms with van der Waals surface area (Å²) in [5.74, 6) is -0.0813. The number of aryl methyl sites for hydroxylation is 1. The first-order valence-corrected chi connectivity index (χ1v) is 6.98. The molecule has 1 heterocycles. The third-order valence-electron chi connectivity index (χ3n) is 3.38. The van der Waals surface area contributed by atoms with E-state index in [0.29, 0.717) is 30.9 Å². The summed E-state index contributed by atoms with van der Waals surface area (Å²) in [6, 6.07) is 9.46. The Hall–Kier alpha value is -2.70. The molecule has 2 aromatic rings. The van der Waals surface area contributed by atoms with Crippen LogP contribution >= 0.6 is 0 Å². The molecule has 7 heteroatoms. The maximum atomic E-state index is 11.8. The van der Waals surface area contributed by atoms with Crippen molar-refractivity contribution in [3.8, 4) is 0 Å². The van der Waals surface area contributed by atoms with E-state index < -0.39 is 4.92 Å². The van der Waals surface area contributed by atoms with Gasteiger partial charge in [-0.1, -0.05) is 30.3 Å². The van der Waals surface area contributed by atoms with Crippen molar-refractivity contribution in [1.29, 1.82) is 0 Å². The van der Waals surface area contributed by atoms with Crippen LogP contribution in [0.25, 0.3) is 0 Å². The van der Waals surface area contributed by atoms with Crippen LogP contribution in [0.15, 0.2) is 30.3 Å². The normalized spacial score (nSPS) is 10.5. The summed E-state index contributed by atoms with van der Waals surface area (Å²) in [4.78, 5) is 22.3. The molecule has 7 nitrogen and oxygen atoms in total. The highest BCUT2D eigenvalue weighted by Crippen LogP contribution is 2.21. The second-order valence-corrected chi connectivity index (χ2v) is 5.01. The molecule has 0 saturated carbocycles. The maximum Gasteiger partial charge on any atom is 0.312 e. The molecule has 1 N–H and O–H groups in total. The molecule has 0 spiro atoms. The molecule has 1 aromatic carbocycles. The number of carbonyl (C=O) groups is 1. The monoisotopic (exact) mass is 302 g/mol. The van der Waals surface area contributed by atoms with E-state index in [1.807, 2.05) is 30.3 Å². The zero-order chi connectivity index (χ0) is 16.1. The molecule has 1 aromatic heterocycles. The third-order valence-corrected chi connectivity index (χ3v) is 3.38. The highest BCUT2D eigenvalue weighted by atomic mass is 16.6. The molecule has 0 aliphatic heterocycles. The molecule has 0 radical (unpaired) electrons. The van der Waals surface area contributed by atoms with Crippen molar-refractivity contribution in [2.45, 2.75) is 26.8 Å². The first-order valence-electron chi connectivity index (χ1n) is 6.98. The van der Waals surface area contributed by atoms with E-state index in [2.05, 4.69) is 10.4 Å². The van der Waals surface area contributed by atoms with E-state index >= 15 is 0 Å². The van der Waals surface area contributed by atoms with E-state index in [4.69, 9.17) is 0 Å². The number of nitrogens with one attached hydrogen (secondary N) is 1. The Labute approximate surface area is 128 Å². The number of hydrogen-bond acceptors (Lipinski definition) is 4. The van der Waals surface area contributed by atoms with Crippen LogP contribution in [0.3, 0.4) is 0 Å². The molecule has 0 aliphatic rings. The Morgan fingerprint density at radius 3 is 2.59 bits per heavy atom. The van der Waals surface area contributed by atoms with Gasteiger partial charge in [0.05, 0.1) is 17.9 Å². The van der Waals surface area contributed by atoms with Gasteiger partial charge in [-0.15, -0.1) is 0 Å². The lowest BCUT2D eigenvalue weighted by molar-refractivity contribution is -0.386. The predicted octanol–water partition coefficient (Wildman–Crippen LogP) is 1.77. The molecule has 116 valence electrons. The van der Waals surface area contributed by atoms with Crippen LogP contribution in [0, 0.1) is 24.0 Å². The lowest BCUT2D eigenvalue weighted by atomic mass is 10.1. The van der Waals surface area contributed by atoms with Gasteiger partial charge >= 0.3 is 5.69 Å². The largest absolute Gasteiger partial charge is 0.354 e. The average molecular weight is 302 g/mol. The molecule has 22 heavy (non-hydrogen) atoms. The Balaban J connectivity index is 1.88. The Bertz CT molecular complexity index is 680. The van der Waals surface area contributed by atoms with E-state index in [-0.39, 0.29) is 11.6 Å². The van der Waals surface area contributed by atoms with Crippen molar-refractivity contribution in [3.63, 3.8) is 0 Å². The van der Waals surface area contributed by atoms with Crippen molar-refractivity contribution >= 4 is 11.6 Å². The van der Waals surface area contributed by atoms with Gasteiger partial charge in [-0.3, -0.25) is 19.6 Å². The Morgan fingerprint density at radius 2 is 2.00 bits per heavy atom. The number of nitro groups is 1. The number of aromatic nitrogens is 2. The quantitative estimate of drug-likeness (QED) is 0.650. The van der Waals surface area contributed by atoms with Crippen LogP contribution in [0.1, 0.15) is 17.0 Å². The van der Waals surface area contributed by atoms with Crippen LogP contribution in [0.5, 0.6) is 0 Å². The maximum absolute atomic E-state index is 11.8. The minimum atomic E-state index is -0.428. The van der Waals surface area contributed by atoms with Gasteiger partial charge in [-0.25, -0.2) is 0 Å². The number of amides is 1. The van der Waals surface area contributed by atoms with Gasteiger partial charge < -0.3 is 5.32 Å². The van der Waals surface area contributed by atoms with Gasteiger partial charge in [0.1, 0.15) is 11.4 Å². The van der Waals surface area contributed by atoms with Crippen LogP contribution in [-0.4, -0.2) is 27.2 Å². The van der Waals surface area contributed by atoms with Crippen LogP contribution in [0.2, 0.25) is 0 Å². The van der Waals surface area contributed by atoms with Crippen molar-refractivity contribution in [2.75, 3.05) is 6.54 Å². The molecular weight excluding hydrogens is 284 g/mol. The van der Waals surface area contributed by atoms with Crippen molar-refractivity contribution in [3.05, 3.63) is 57.4 Å². The molecule has 0 aliphatic carbocycles. The van der Waals surface area contributed by atoms with E-state index in [0.717, 1.165) is 5.56 Å². The zero-order valence-corrected chi connectivity index (χ0v) is 12.6. The van der Waals surface area contributed by atoms with Gasteiger partial charge in [0.15, 0.2) is 0 Å². The van der Waals surface area contributed by atoms with E-state index in [1.54, 1.807) is 18.5 Å². The smallest absolute Gasteiger partial charge is 0.312 e. The minimum Gasteiger partial charge on any atom is -0.354 e. The summed E-state index contributed by atoms with van der Waals surface area (Å²) < 4.78 is 1.55. The van der Waals surface area contributed by atoms with E-state index in [1.165, 1.54) is 0 Å². The molecule has 1 amide bonds. The van der Waals surface area contributed by atoms with Crippen molar-refractivity contribution in [1.82, 2.24) is 15.1 Å². The fraction of sp³-hybridized carbons (Fsp3) is 0.333. The summed E-state index contributed by atoms with van der Waals surface area (Å²) in [6.45, 7) is 4.05.